The summed E-state index contributed by atoms with van der Waals surface area (Å²) in [5, 5.41) is 17.6. The minimum absolute atomic E-state index is 0.00297. The zero-order chi connectivity index (χ0) is 22.3. The zero-order valence-corrected chi connectivity index (χ0v) is 16.5. The number of nitro benzene ring substituents is 1. The van der Waals surface area contributed by atoms with Crippen LogP contribution in [0.25, 0.3) is 5.69 Å². The predicted molar refractivity (Wildman–Crippen MR) is 100 cm³/mol. The summed E-state index contributed by atoms with van der Waals surface area (Å²) in [6.07, 6.45) is -4.12. The molecule has 9 nitrogen and oxygen atoms in total. The van der Waals surface area contributed by atoms with Crippen LogP contribution in [0.4, 0.5) is 24.5 Å². The third-order valence-electron chi connectivity index (χ3n) is 4.00. The zero-order valence-electron chi connectivity index (χ0n) is 14.9. The van der Waals surface area contributed by atoms with Gasteiger partial charge in [0.1, 0.15) is 0 Å². The molecule has 1 N–H and O–H groups in total. The van der Waals surface area contributed by atoms with Crippen molar-refractivity contribution in [1.29, 1.82) is 0 Å². The van der Waals surface area contributed by atoms with E-state index in [-0.39, 0.29) is 22.0 Å². The third kappa shape index (κ3) is 4.21. The maximum Gasteiger partial charge on any atom is 0.435 e. The van der Waals surface area contributed by atoms with E-state index in [1.165, 1.54) is 31.2 Å². The van der Waals surface area contributed by atoms with E-state index in [4.69, 9.17) is 11.6 Å². The Morgan fingerprint density at radius 1 is 1.20 bits per heavy atom. The van der Waals surface area contributed by atoms with E-state index in [2.05, 4.69) is 15.0 Å². The summed E-state index contributed by atoms with van der Waals surface area (Å²) in [5.74, 6) is 0. The molecule has 1 aromatic heterocycles. The van der Waals surface area contributed by atoms with Crippen molar-refractivity contribution in [3.8, 4) is 5.69 Å². The Morgan fingerprint density at radius 2 is 1.83 bits per heavy atom. The number of anilines is 1. The lowest BCUT2D eigenvalue weighted by molar-refractivity contribution is -0.385. The number of aromatic nitrogens is 3. The van der Waals surface area contributed by atoms with Gasteiger partial charge >= 0.3 is 6.18 Å². The van der Waals surface area contributed by atoms with Gasteiger partial charge in [0.2, 0.25) is 0 Å². The number of benzene rings is 2. The molecular weight excluding hydrogens is 451 g/mol. The minimum Gasteiger partial charge on any atom is -0.280 e. The average Bonchev–Trinajstić information content (AvgIpc) is 3.14. The quantitative estimate of drug-likeness (QED) is 0.453. The molecule has 158 valence electrons. The predicted octanol–water partition coefficient (Wildman–Crippen LogP) is 3.96. The van der Waals surface area contributed by atoms with Gasteiger partial charge in [-0.25, -0.2) is 13.1 Å². The Morgan fingerprint density at radius 3 is 2.40 bits per heavy atom. The van der Waals surface area contributed by atoms with E-state index in [1.54, 1.807) is 0 Å². The highest BCUT2D eigenvalue weighted by Gasteiger charge is 2.36. The van der Waals surface area contributed by atoms with E-state index in [0.717, 1.165) is 12.1 Å². The van der Waals surface area contributed by atoms with Crippen LogP contribution in [0, 0.1) is 17.0 Å². The SMILES string of the molecule is Cc1c(Cl)cc(S(=O)(=O)Nc2ccc(-n3nncc3C(F)(F)F)cc2)cc1[N+](=O)[O-]. The smallest absolute Gasteiger partial charge is 0.280 e. The van der Waals surface area contributed by atoms with Crippen LogP contribution in [-0.2, 0) is 16.2 Å². The first-order valence-electron chi connectivity index (χ1n) is 7.96. The largest absolute Gasteiger partial charge is 0.435 e. The monoisotopic (exact) mass is 461 g/mol. The number of sulfonamides is 1. The Hall–Kier alpha value is -3.19. The lowest BCUT2D eigenvalue weighted by Gasteiger charge is -2.11. The highest BCUT2D eigenvalue weighted by atomic mass is 35.5. The standard InChI is InChI=1S/C16H11ClF3N5O4S/c1-9-13(17)6-12(7-14(9)25(26)27)30(28,29)22-10-2-4-11(5-3-10)24-15(8-21-23-24)16(18,19)20/h2-8,22H,1H3. The highest BCUT2D eigenvalue weighted by Crippen LogP contribution is 2.32. The van der Waals surface area contributed by atoms with Crippen LogP contribution in [0.15, 0.2) is 47.5 Å². The molecule has 0 unspecified atom stereocenters. The van der Waals surface area contributed by atoms with Gasteiger partial charge in [-0.3, -0.25) is 14.8 Å². The lowest BCUT2D eigenvalue weighted by Crippen LogP contribution is -2.14. The number of nitrogens with zero attached hydrogens (tertiary/aromatic N) is 4. The summed E-state index contributed by atoms with van der Waals surface area (Å²) in [5.41, 5.74) is -1.46. The van der Waals surface area contributed by atoms with Crippen molar-refractivity contribution in [1.82, 2.24) is 15.0 Å². The summed E-state index contributed by atoms with van der Waals surface area (Å²) in [6.45, 7) is 1.38. The molecule has 0 aliphatic rings. The molecule has 3 rings (SSSR count). The number of rotatable bonds is 5. The molecule has 0 saturated heterocycles. The van der Waals surface area contributed by atoms with Crippen molar-refractivity contribution in [2.24, 2.45) is 0 Å². The second kappa shape index (κ2) is 7.57. The molecule has 2 aromatic carbocycles. The molecule has 3 aromatic rings. The number of hydrogen-bond donors (Lipinski definition) is 1. The molecule has 0 amide bonds. The maximum absolute atomic E-state index is 13.0. The fourth-order valence-corrected chi connectivity index (χ4v) is 3.87. The number of alkyl halides is 3. The van der Waals surface area contributed by atoms with Crippen molar-refractivity contribution in [2.75, 3.05) is 4.72 Å². The van der Waals surface area contributed by atoms with Gasteiger partial charge in [0.25, 0.3) is 15.7 Å². The van der Waals surface area contributed by atoms with Gasteiger partial charge in [0, 0.05) is 17.3 Å². The van der Waals surface area contributed by atoms with Gasteiger partial charge in [-0.15, -0.1) is 5.10 Å². The maximum atomic E-state index is 13.0. The van der Waals surface area contributed by atoms with E-state index in [1.807, 2.05) is 0 Å². The second-order valence-electron chi connectivity index (χ2n) is 5.99. The van der Waals surface area contributed by atoms with Crippen molar-refractivity contribution in [3.05, 3.63) is 69.0 Å². The van der Waals surface area contributed by atoms with Gasteiger partial charge in [-0.1, -0.05) is 16.8 Å². The third-order valence-corrected chi connectivity index (χ3v) is 5.75. The summed E-state index contributed by atoms with van der Waals surface area (Å²) in [7, 11) is -4.26. The number of nitrogens with one attached hydrogen (secondary N) is 1. The molecule has 14 heteroatoms. The van der Waals surface area contributed by atoms with Crippen molar-refractivity contribution < 1.29 is 26.5 Å². The van der Waals surface area contributed by atoms with Crippen molar-refractivity contribution >= 4 is 33.0 Å². The van der Waals surface area contributed by atoms with E-state index >= 15 is 0 Å². The normalized spacial score (nSPS) is 12.0. The molecular formula is C16H11ClF3N5O4S. The fourth-order valence-electron chi connectivity index (χ4n) is 2.49. The molecule has 1 heterocycles. The Labute approximate surface area is 172 Å². The molecule has 0 fully saturated rings. The van der Waals surface area contributed by atoms with Crippen LogP contribution in [0.3, 0.4) is 0 Å². The number of hydrogen-bond acceptors (Lipinski definition) is 6. The Bertz CT molecular complexity index is 1230. The Balaban J connectivity index is 1.91. The van der Waals surface area contributed by atoms with Crippen molar-refractivity contribution in [2.45, 2.75) is 18.0 Å². The molecule has 0 saturated carbocycles. The topological polar surface area (TPSA) is 120 Å². The highest BCUT2D eigenvalue weighted by molar-refractivity contribution is 7.92. The molecule has 0 aliphatic carbocycles. The first kappa shape index (κ1) is 21.5. The number of nitro groups is 1. The summed E-state index contributed by atoms with van der Waals surface area (Å²) >= 11 is 5.90. The van der Waals surface area contributed by atoms with Gasteiger partial charge in [-0.2, -0.15) is 13.2 Å². The first-order chi connectivity index (χ1) is 13.9. The Kier molecular flexibility index (Phi) is 5.43. The lowest BCUT2D eigenvalue weighted by atomic mass is 10.2. The van der Waals surface area contributed by atoms with Crippen LogP contribution >= 0.6 is 11.6 Å². The molecule has 0 aliphatic heterocycles. The van der Waals surface area contributed by atoms with E-state index in [0.29, 0.717) is 10.9 Å². The first-order valence-corrected chi connectivity index (χ1v) is 9.82. The second-order valence-corrected chi connectivity index (χ2v) is 8.08. The summed E-state index contributed by atoms with van der Waals surface area (Å²) in [4.78, 5) is 9.90. The van der Waals surface area contributed by atoms with Crippen LogP contribution in [0.1, 0.15) is 11.3 Å². The van der Waals surface area contributed by atoms with Crippen LogP contribution in [0.2, 0.25) is 5.02 Å². The minimum atomic E-state index is -4.68. The van der Waals surface area contributed by atoms with Gasteiger partial charge in [0.05, 0.1) is 26.7 Å². The van der Waals surface area contributed by atoms with Crippen LogP contribution < -0.4 is 4.72 Å². The molecule has 0 bridgehead atoms. The van der Waals surface area contributed by atoms with E-state index in [9.17, 15) is 31.7 Å². The average molecular weight is 462 g/mol. The number of halogens is 4. The van der Waals surface area contributed by atoms with Crippen molar-refractivity contribution in [3.63, 3.8) is 0 Å². The summed E-state index contributed by atoms with van der Waals surface area (Å²) < 4.78 is 66.8. The summed E-state index contributed by atoms with van der Waals surface area (Å²) in [6, 6.07) is 6.74. The molecule has 0 atom stereocenters. The van der Waals surface area contributed by atoms with Gasteiger partial charge < -0.3 is 0 Å². The molecule has 0 spiro atoms. The molecule has 30 heavy (non-hydrogen) atoms. The van der Waals surface area contributed by atoms with Crippen LogP contribution in [-0.4, -0.2) is 28.3 Å². The van der Waals surface area contributed by atoms with Gasteiger partial charge in [0.15, 0.2) is 5.69 Å². The van der Waals surface area contributed by atoms with E-state index < -0.39 is 37.4 Å². The fraction of sp³-hybridized carbons (Fsp3) is 0.125. The van der Waals surface area contributed by atoms with Gasteiger partial charge in [-0.05, 0) is 37.3 Å². The van der Waals surface area contributed by atoms with Crippen LogP contribution in [0.5, 0.6) is 0 Å². The molecule has 0 radical (unpaired) electrons.